The minimum atomic E-state index is -0.509. The molecule has 1 aliphatic carbocycles. The monoisotopic (exact) mass is 415 g/mol. The van der Waals surface area contributed by atoms with E-state index in [-0.39, 0.29) is 5.91 Å². The van der Waals surface area contributed by atoms with Gasteiger partial charge in [0.05, 0.1) is 18.2 Å². The van der Waals surface area contributed by atoms with E-state index in [1.165, 1.54) is 11.8 Å². The van der Waals surface area contributed by atoms with Crippen LogP contribution in [0, 0.1) is 0 Å². The lowest BCUT2D eigenvalue weighted by molar-refractivity contribution is -0.115. The molecule has 1 atom stereocenters. The second kappa shape index (κ2) is 8.20. The minimum Gasteiger partial charge on any atom is -0.495 e. The number of carbonyl (C=O) groups excluding carboxylic acids is 1. The van der Waals surface area contributed by atoms with Crippen LogP contribution in [0.1, 0.15) is 29.7 Å². The zero-order valence-electron chi connectivity index (χ0n) is 15.1. The number of hydrogen-bond acceptors (Lipinski definition) is 6. The third-order valence-electron chi connectivity index (χ3n) is 4.34. The third kappa shape index (κ3) is 4.13. The van der Waals surface area contributed by atoms with Crippen LogP contribution in [0.3, 0.4) is 0 Å². The Morgan fingerprint density at radius 3 is 2.75 bits per heavy atom. The Labute approximate surface area is 171 Å². The molecule has 0 bridgehead atoms. The highest BCUT2D eigenvalue weighted by Gasteiger charge is 2.31. The highest BCUT2D eigenvalue weighted by atomic mass is 35.5. The third-order valence-corrected chi connectivity index (χ3v) is 5.84. The summed E-state index contributed by atoms with van der Waals surface area (Å²) >= 11 is 7.52. The normalized spacial score (nSPS) is 14.5. The van der Waals surface area contributed by atoms with Gasteiger partial charge in [-0.1, -0.05) is 53.7 Å². The van der Waals surface area contributed by atoms with Crippen molar-refractivity contribution >= 4 is 35.0 Å². The zero-order chi connectivity index (χ0) is 19.5. The van der Waals surface area contributed by atoms with Crippen LogP contribution in [-0.2, 0) is 4.79 Å². The van der Waals surface area contributed by atoms with Crippen LogP contribution >= 0.6 is 23.4 Å². The molecule has 144 valence electrons. The summed E-state index contributed by atoms with van der Waals surface area (Å²) < 4.78 is 6.96. The van der Waals surface area contributed by atoms with E-state index in [1.54, 1.807) is 30.0 Å². The van der Waals surface area contributed by atoms with Crippen LogP contribution in [0.5, 0.6) is 5.75 Å². The second-order valence-electron chi connectivity index (χ2n) is 6.38. The first-order chi connectivity index (χ1) is 13.7. The predicted molar refractivity (Wildman–Crippen MR) is 108 cm³/mol. The van der Waals surface area contributed by atoms with Crippen LogP contribution < -0.4 is 10.1 Å². The van der Waals surface area contributed by atoms with E-state index >= 15 is 0 Å². The number of nitrogens with zero attached hydrogens (tertiary/aromatic N) is 4. The molecule has 28 heavy (non-hydrogen) atoms. The summed E-state index contributed by atoms with van der Waals surface area (Å²) in [7, 11) is 1.55. The largest absolute Gasteiger partial charge is 0.495 e. The van der Waals surface area contributed by atoms with Gasteiger partial charge in [-0.05, 0) is 47.0 Å². The number of carbonyl (C=O) groups is 1. The fourth-order valence-corrected chi connectivity index (χ4v) is 4.07. The number of hydrogen-bond donors (Lipinski definition) is 1. The van der Waals surface area contributed by atoms with E-state index in [2.05, 4.69) is 20.8 Å². The highest BCUT2D eigenvalue weighted by molar-refractivity contribution is 8.00. The van der Waals surface area contributed by atoms with Gasteiger partial charge in [-0.2, -0.15) is 0 Å². The molecule has 1 aromatic heterocycles. The molecule has 3 aromatic rings. The second-order valence-corrected chi connectivity index (χ2v) is 7.86. The molecule has 1 aliphatic rings. The summed E-state index contributed by atoms with van der Waals surface area (Å²) in [6, 6.07) is 15.0. The topological polar surface area (TPSA) is 81.9 Å². The molecule has 0 spiro atoms. The number of methoxy groups -OCH3 is 1. The van der Waals surface area contributed by atoms with Crippen LogP contribution in [0.15, 0.2) is 53.7 Å². The van der Waals surface area contributed by atoms with E-state index in [9.17, 15) is 4.79 Å². The van der Waals surface area contributed by atoms with Gasteiger partial charge in [0, 0.05) is 5.69 Å². The standard InChI is InChI=1S/C19H18ClN5O2S/c1-27-16-10-7-13(11-15(16)20)21-18(26)17(12-5-3-2-4-6-12)28-19-22-23-24-25(19)14-8-9-14/h2-7,10-11,14,17H,8-9H2,1H3,(H,21,26)/t17-/m0/s1. The molecule has 1 saturated carbocycles. The van der Waals surface area contributed by atoms with E-state index in [4.69, 9.17) is 16.3 Å². The van der Waals surface area contributed by atoms with Crippen molar-refractivity contribution in [1.29, 1.82) is 0 Å². The van der Waals surface area contributed by atoms with Crippen molar-refractivity contribution in [2.45, 2.75) is 29.3 Å². The molecule has 0 aliphatic heterocycles. The molecule has 0 unspecified atom stereocenters. The number of halogens is 1. The van der Waals surface area contributed by atoms with Gasteiger partial charge in [0.1, 0.15) is 11.0 Å². The number of rotatable bonds is 7. The van der Waals surface area contributed by atoms with E-state index in [0.717, 1.165) is 18.4 Å². The summed E-state index contributed by atoms with van der Waals surface area (Å²) in [5.41, 5.74) is 1.47. The van der Waals surface area contributed by atoms with Crippen molar-refractivity contribution in [2.24, 2.45) is 0 Å². The molecular weight excluding hydrogens is 398 g/mol. The van der Waals surface area contributed by atoms with E-state index in [1.807, 2.05) is 30.3 Å². The predicted octanol–water partition coefficient (Wildman–Crippen LogP) is 4.14. The molecular formula is C19H18ClN5O2S. The first kappa shape index (κ1) is 18.8. The highest BCUT2D eigenvalue weighted by Crippen LogP contribution is 2.41. The van der Waals surface area contributed by atoms with Crippen molar-refractivity contribution in [2.75, 3.05) is 12.4 Å². The Balaban J connectivity index is 1.58. The number of amides is 1. The van der Waals surface area contributed by atoms with Crippen molar-refractivity contribution in [1.82, 2.24) is 20.2 Å². The SMILES string of the molecule is COc1ccc(NC(=O)[C@@H](Sc2nnnn2C2CC2)c2ccccc2)cc1Cl. The summed E-state index contributed by atoms with van der Waals surface area (Å²) in [6.45, 7) is 0. The van der Waals surface area contributed by atoms with Crippen LogP contribution in [0.4, 0.5) is 5.69 Å². The number of tetrazole rings is 1. The first-order valence-electron chi connectivity index (χ1n) is 8.79. The van der Waals surface area contributed by atoms with Gasteiger partial charge in [-0.15, -0.1) is 5.10 Å². The Morgan fingerprint density at radius 2 is 2.07 bits per heavy atom. The molecule has 1 N–H and O–H groups in total. The number of thioether (sulfide) groups is 1. The van der Waals surface area contributed by atoms with Crippen molar-refractivity contribution in [3.8, 4) is 5.75 Å². The first-order valence-corrected chi connectivity index (χ1v) is 10.1. The Hall–Kier alpha value is -2.58. The van der Waals surface area contributed by atoms with Gasteiger partial charge in [-0.25, -0.2) is 4.68 Å². The van der Waals surface area contributed by atoms with E-state index in [0.29, 0.717) is 27.7 Å². The number of nitrogens with one attached hydrogen (secondary N) is 1. The lowest BCUT2D eigenvalue weighted by Crippen LogP contribution is -2.19. The maximum Gasteiger partial charge on any atom is 0.242 e. The molecule has 0 saturated heterocycles. The summed E-state index contributed by atoms with van der Waals surface area (Å²) in [5, 5.41) is 15.5. The average molecular weight is 416 g/mol. The Bertz CT molecular complexity index is 977. The smallest absolute Gasteiger partial charge is 0.242 e. The molecule has 4 rings (SSSR count). The fraction of sp³-hybridized carbons (Fsp3) is 0.263. The Kier molecular flexibility index (Phi) is 5.50. The van der Waals surface area contributed by atoms with Gasteiger partial charge in [0.25, 0.3) is 0 Å². The van der Waals surface area contributed by atoms with Gasteiger partial charge in [-0.3, -0.25) is 4.79 Å². The lowest BCUT2D eigenvalue weighted by atomic mass is 10.1. The van der Waals surface area contributed by atoms with Gasteiger partial charge < -0.3 is 10.1 Å². The molecule has 1 fully saturated rings. The fourth-order valence-electron chi connectivity index (χ4n) is 2.77. The minimum absolute atomic E-state index is 0.178. The number of aromatic nitrogens is 4. The van der Waals surface area contributed by atoms with Crippen molar-refractivity contribution in [3.63, 3.8) is 0 Å². The molecule has 7 nitrogen and oxygen atoms in total. The Morgan fingerprint density at radius 1 is 1.29 bits per heavy atom. The zero-order valence-corrected chi connectivity index (χ0v) is 16.7. The number of ether oxygens (including phenoxy) is 1. The lowest BCUT2D eigenvalue weighted by Gasteiger charge is -2.17. The van der Waals surface area contributed by atoms with Crippen LogP contribution in [0.25, 0.3) is 0 Å². The summed E-state index contributed by atoms with van der Waals surface area (Å²) in [5.74, 6) is 0.375. The summed E-state index contributed by atoms with van der Waals surface area (Å²) in [4.78, 5) is 13.1. The molecule has 9 heteroatoms. The number of benzene rings is 2. The molecule has 1 heterocycles. The summed E-state index contributed by atoms with van der Waals surface area (Å²) in [6.07, 6.45) is 2.12. The molecule has 2 aromatic carbocycles. The van der Waals surface area contributed by atoms with Crippen LogP contribution in [-0.4, -0.2) is 33.2 Å². The van der Waals surface area contributed by atoms with E-state index < -0.39 is 5.25 Å². The maximum absolute atomic E-state index is 13.1. The average Bonchev–Trinajstić information content (AvgIpc) is 3.45. The van der Waals surface area contributed by atoms with Gasteiger partial charge >= 0.3 is 0 Å². The number of anilines is 1. The molecule has 0 radical (unpaired) electrons. The van der Waals surface area contributed by atoms with Crippen molar-refractivity contribution in [3.05, 3.63) is 59.1 Å². The maximum atomic E-state index is 13.1. The van der Waals surface area contributed by atoms with Crippen LogP contribution in [0.2, 0.25) is 5.02 Å². The molecule has 1 amide bonds. The quantitative estimate of drug-likeness (QED) is 0.584. The van der Waals surface area contributed by atoms with Gasteiger partial charge in [0.2, 0.25) is 11.1 Å². The van der Waals surface area contributed by atoms with Gasteiger partial charge in [0.15, 0.2) is 0 Å². The van der Waals surface area contributed by atoms with Crippen molar-refractivity contribution < 1.29 is 9.53 Å².